The molecule has 0 radical (unpaired) electrons. The molecule has 2 atom stereocenters. The molecule has 0 bridgehead atoms. The van der Waals surface area contributed by atoms with E-state index >= 15 is 0 Å². The van der Waals surface area contributed by atoms with Crippen LogP contribution < -0.4 is 5.32 Å². The second-order valence-corrected chi connectivity index (χ2v) is 5.61. The first-order chi connectivity index (χ1) is 10.2. The van der Waals surface area contributed by atoms with E-state index in [-0.39, 0.29) is 11.9 Å². The van der Waals surface area contributed by atoms with Gasteiger partial charge in [0.05, 0.1) is 23.4 Å². The van der Waals surface area contributed by atoms with Gasteiger partial charge in [0.2, 0.25) is 0 Å². The second kappa shape index (κ2) is 5.57. The van der Waals surface area contributed by atoms with Crippen molar-refractivity contribution in [2.75, 3.05) is 5.32 Å². The van der Waals surface area contributed by atoms with Crippen molar-refractivity contribution in [1.82, 2.24) is 0 Å². The molecule has 1 N–H and O–H groups in total. The Bertz CT molecular complexity index is 703. The van der Waals surface area contributed by atoms with Gasteiger partial charge < -0.3 is 5.32 Å². The largest absolute Gasteiger partial charge is 0.376 e. The zero-order chi connectivity index (χ0) is 14.8. The molecule has 0 saturated heterocycles. The molecular weight excluding hydrogens is 263 g/mol. The van der Waals surface area contributed by atoms with Gasteiger partial charge in [0.15, 0.2) is 0 Å². The monoisotopic (exact) mass is 280 g/mol. The average Bonchev–Trinajstić information content (AvgIpc) is 2.52. The van der Waals surface area contributed by atoms with Crippen molar-refractivity contribution < 1.29 is 4.39 Å². The molecule has 0 fully saturated rings. The van der Waals surface area contributed by atoms with Crippen molar-refractivity contribution in [1.29, 1.82) is 5.26 Å². The number of fused-ring (bicyclic) bond motifs is 1. The number of hydrogen-bond acceptors (Lipinski definition) is 2. The average molecular weight is 280 g/mol. The Balaban J connectivity index is 1.90. The van der Waals surface area contributed by atoms with Crippen LogP contribution in [0.2, 0.25) is 0 Å². The fraction of sp³-hybridized carbons (Fsp3) is 0.278. The molecule has 1 aliphatic rings. The highest BCUT2D eigenvalue weighted by atomic mass is 19.1. The third kappa shape index (κ3) is 2.62. The summed E-state index contributed by atoms with van der Waals surface area (Å²) in [5, 5.41) is 12.1. The Labute approximate surface area is 124 Å². The van der Waals surface area contributed by atoms with Crippen LogP contribution >= 0.6 is 0 Å². The summed E-state index contributed by atoms with van der Waals surface area (Å²) < 4.78 is 14.0. The summed E-state index contributed by atoms with van der Waals surface area (Å²) in [5.41, 5.74) is 3.40. The van der Waals surface area contributed by atoms with E-state index in [1.165, 1.54) is 17.2 Å². The summed E-state index contributed by atoms with van der Waals surface area (Å²) in [4.78, 5) is 0. The summed E-state index contributed by atoms with van der Waals surface area (Å²) in [7, 11) is 0. The minimum atomic E-state index is -0.370. The molecule has 21 heavy (non-hydrogen) atoms. The van der Waals surface area contributed by atoms with Gasteiger partial charge in [-0.1, -0.05) is 31.2 Å². The summed E-state index contributed by atoms with van der Waals surface area (Å²) in [6.07, 6.45) is 2.07. The molecule has 0 heterocycles. The molecule has 0 spiro atoms. The Morgan fingerprint density at radius 1 is 1.14 bits per heavy atom. The number of nitriles is 1. The van der Waals surface area contributed by atoms with Crippen LogP contribution in [0.25, 0.3) is 0 Å². The second-order valence-electron chi connectivity index (χ2n) is 5.61. The van der Waals surface area contributed by atoms with E-state index in [1.54, 1.807) is 12.1 Å². The van der Waals surface area contributed by atoms with Crippen LogP contribution in [0.4, 0.5) is 10.1 Å². The van der Waals surface area contributed by atoms with Crippen LogP contribution in [0.1, 0.15) is 48.4 Å². The zero-order valence-corrected chi connectivity index (χ0v) is 11.9. The maximum absolute atomic E-state index is 14.0. The molecule has 3 rings (SSSR count). The lowest BCUT2D eigenvalue weighted by molar-refractivity contribution is 0.531. The third-order valence-corrected chi connectivity index (χ3v) is 4.22. The molecule has 0 amide bonds. The van der Waals surface area contributed by atoms with Gasteiger partial charge in [0.1, 0.15) is 5.82 Å². The zero-order valence-electron chi connectivity index (χ0n) is 11.9. The molecule has 2 aromatic rings. The molecule has 1 aliphatic carbocycles. The van der Waals surface area contributed by atoms with Crippen LogP contribution in [0.15, 0.2) is 42.5 Å². The van der Waals surface area contributed by atoms with Gasteiger partial charge in [-0.2, -0.15) is 5.26 Å². The third-order valence-electron chi connectivity index (χ3n) is 4.22. The predicted molar refractivity (Wildman–Crippen MR) is 81.6 cm³/mol. The van der Waals surface area contributed by atoms with E-state index in [2.05, 4.69) is 30.4 Å². The highest BCUT2D eigenvalue weighted by molar-refractivity contribution is 5.51. The first-order valence-corrected chi connectivity index (χ1v) is 7.24. The molecular formula is C18H17FN2. The van der Waals surface area contributed by atoms with E-state index in [0.717, 1.165) is 12.8 Å². The molecule has 0 saturated carbocycles. The molecule has 106 valence electrons. The van der Waals surface area contributed by atoms with Gasteiger partial charge in [-0.25, -0.2) is 4.39 Å². The smallest absolute Gasteiger partial charge is 0.147 e. The number of anilines is 1. The first kappa shape index (κ1) is 13.6. The van der Waals surface area contributed by atoms with Crippen molar-refractivity contribution in [3.8, 4) is 6.07 Å². The van der Waals surface area contributed by atoms with Crippen molar-refractivity contribution in [3.63, 3.8) is 0 Å². The summed E-state index contributed by atoms with van der Waals surface area (Å²) in [5.74, 6) is 0.176. The van der Waals surface area contributed by atoms with E-state index in [0.29, 0.717) is 17.2 Å². The lowest BCUT2D eigenvalue weighted by Crippen LogP contribution is -2.19. The van der Waals surface area contributed by atoms with Gasteiger partial charge in [-0.05, 0) is 48.1 Å². The van der Waals surface area contributed by atoms with Gasteiger partial charge in [0.25, 0.3) is 0 Å². The van der Waals surface area contributed by atoms with Crippen LogP contribution in [-0.2, 0) is 0 Å². The van der Waals surface area contributed by atoms with Crippen LogP contribution in [0.3, 0.4) is 0 Å². The van der Waals surface area contributed by atoms with Gasteiger partial charge in [0, 0.05) is 0 Å². The summed E-state index contributed by atoms with van der Waals surface area (Å²) >= 11 is 0. The molecule has 0 aliphatic heterocycles. The minimum Gasteiger partial charge on any atom is -0.376 e. The topological polar surface area (TPSA) is 35.8 Å². The van der Waals surface area contributed by atoms with Crippen molar-refractivity contribution in [3.05, 3.63) is 65.0 Å². The molecule has 2 unspecified atom stereocenters. The number of nitrogens with zero attached hydrogens (tertiary/aromatic N) is 1. The number of nitrogens with one attached hydrogen (secondary N) is 1. The van der Waals surface area contributed by atoms with Crippen molar-refractivity contribution >= 4 is 5.69 Å². The van der Waals surface area contributed by atoms with Gasteiger partial charge in [-0.3, -0.25) is 0 Å². The lowest BCUT2D eigenvalue weighted by Gasteiger charge is -2.31. The van der Waals surface area contributed by atoms with E-state index in [1.807, 2.05) is 12.1 Å². The van der Waals surface area contributed by atoms with E-state index < -0.39 is 0 Å². The Morgan fingerprint density at radius 3 is 2.62 bits per heavy atom. The highest BCUT2D eigenvalue weighted by Gasteiger charge is 2.24. The summed E-state index contributed by atoms with van der Waals surface area (Å²) in [6.45, 7) is 2.23. The first-order valence-electron chi connectivity index (χ1n) is 7.24. The highest BCUT2D eigenvalue weighted by Crippen LogP contribution is 2.39. The SMILES string of the molecule is CC1CCC(Nc2ccc(C#N)cc2F)c2ccccc21. The quantitative estimate of drug-likeness (QED) is 0.861. The summed E-state index contributed by atoms with van der Waals surface area (Å²) in [6, 6.07) is 15.0. The Morgan fingerprint density at radius 2 is 1.90 bits per heavy atom. The van der Waals surface area contributed by atoms with Crippen LogP contribution in [-0.4, -0.2) is 0 Å². The molecule has 2 nitrogen and oxygen atoms in total. The minimum absolute atomic E-state index is 0.125. The predicted octanol–water partition coefficient (Wildman–Crippen LogP) is 4.75. The van der Waals surface area contributed by atoms with Crippen LogP contribution in [0, 0.1) is 17.1 Å². The number of benzene rings is 2. The normalized spacial score (nSPS) is 20.4. The Hall–Kier alpha value is -2.34. The van der Waals surface area contributed by atoms with E-state index in [4.69, 9.17) is 5.26 Å². The maximum atomic E-state index is 14.0. The van der Waals surface area contributed by atoms with Crippen LogP contribution in [0.5, 0.6) is 0 Å². The fourth-order valence-corrected chi connectivity index (χ4v) is 3.04. The number of halogens is 1. The van der Waals surface area contributed by atoms with Crippen molar-refractivity contribution in [2.45, 2.75) is 31.7 Å². The van der Waals surface area contributed by atoms with E-state index in [9.17, 15) is 4.39 Å². The number of hydrogen-bond donors (Lipinski definition) is 1. The fourth-order valence-electron chi connectivity index (χ4n) is 3.04. The Kier molecular flexibility index (Phi) is 3.62. The standard InChI is InChI=1S/C18H17FN2/c1-12-6-8-17(15-5-3-2-4-14(12)15)21-18-9-7-13(11-20)10-16(18)19/h2-5,7,9-10,12,17,21H,6,8H2,1H3. The molecule has 2 aromatic carbocycles. The molecule has 0 aromatic heterocycles. The maximum Gasteiger partial charge on any atom is 0.147 e. The van der Waals surface area contributed by atoms with Gasteiger partial charge in [-0.15, -0.1) is 0 Å². The van der Waals surface area contributed by atoms with Gasteiger partial charge >= 0.3 is 0 Å². The molecule has 3 heteroatoms. The van der Waals surface area contributed by atoms with Crippen molar-refractivity contribution in [2.24, 2.45) is 0 Å². The number of rotatable bonds is 2. The lowest BCUT2D eigenvalue weighted by atomic mass is 9.81.